The van der Waals surface area contributed by atoms with Crippen molar-refractivity contribution in [3.63, 3.8) is 0 Å². The zero-order chi connectivity index (χ0) is 24.2. The summed E-state index contributed by atoms with van der Waals surface area (Å²) in [4.78, 5) is 40.0. The normalized spacial score (nSPS) is 15.4. The van der Waals surface area contributed by atoms with E-state index >= 15 is 0 Å². The van der Waals surface area contributed by atoms with Gasteiger partial charge < -0.3 is 9.84 Å². The maximum absolute atomic E-state index is 13.3. The molecule has 0 unspecified atom stereocenters. The summed E-state index contributed by atoms with van der Waals surface area (Å²) in [5.41, 5.74) is 0.216. The minimum atomic E-state index is -1.18. The zero-order valence-corrected chi connectivity index (χ0v) is 18.6. The Morgan fingerprint density at radius 3 is 2.71 bits per heavy atom. The average Bonchev–Trinajstić information content (AvgIpc) is 2.84. The summed E-state index contributed by atoms with van der Waals surface area (Å²) in [5, 5.41) is 25.3. The molecular weight excluding hydrogens is 440 g/mol. The molecule has 10 heteroatoms. The molecule has 1 atom stereocenters. The van der Waals surface area contributed by atoms with Crippen LogP contribution in [0.25, 0.3) is 10.9 Å². The van der Waals surface area contributed by atoms with E-state index in [0.717, 1.165) is 32.1 Å². The molecule has 0 aliphatic heterocycles. The Balaban J connectivity index is 1.83. The van der Waals surface area contributed by atoms with Gasteiger partial charge in [-0.25, -0.2) is 9.78 Å². The molecule has 1 fully saturated rings. The number of carboxylic acid groups (broad SMARTS) is 1. The highest BCUT2D eigenvalue weighted by Gasteiger charge is 2.23. The maximum atomic E-state index is 13.3. The van der Waals surface area contributed by atoms with Gasteiger partial charge in [-0.2, -0.15) is 9.78 Å². The third-order valence-corrected chi connectivity index (χ3v) is 5.92. The predicted molar refractivity (Wildman–Crippen MR) is 126 cm³/mol. The van der Waals surface area contributed by atoms with E-state index in [1.807, 2.05) is 6.07 Å². The number of carboxylic acids is 1. The van der Waals surface area contributed by atoms with E-state index in [1.54, 1.807) is 18.2 Å². The van der Waals surface area contributed by atoms with Crippen molar-refractivity contribution in [2.45, 2.75) is 51.0 Å². The number of nitro benzene ring substituents is 1. The van der Waals surface area contributed by atoms with Crippen molar-refractivity contribution in [2.75, 3.05) is 0 Å². The molecule has 1 heterocycles. The van der Waals surface area contributed by atoms with Crippen LogP contribution in [0.15, 0.2) is 52.4 Å². The number of nitrogens with zero attached hydrogens (tertiary/aromatic N) is 4. The Bertz CT molecular complexity index is 1330. The minimum Gasteiger partial charge on any atom is -0.479 e. The number of hydrogen-bond donors (Lipinski definition) is 1. The molecule has 176 valence electrons. The Kier molecular flexibility index (Phi) is 6.67. The number of benzene rings is 2. The lowest BCUT2D eigenvalue weighted by Crippen LogP contribution is -2.25. The lowest BCUT2D eigenvalue weighted by atomic mass is 9.88. The van der Waals surface area contributed by atoms with E-state index in [4.69, 9.17) is 9.72 Å². The second-order valence-electron chi connectivity index (χ2n) is 8.26. The average molecular weight is 464 g/mol. The first-order chi connectivity index (χ1) is 16.3. The third-order valence-electron chi connectivity index (χ3n) is 5.92. The summed E-state index contributed by atoms with van der Waals surface area (Å²) in [5.74, 6) is -0.469. The fourth-order valence-corrected chi connectivity index (χ4v) is 4.10. The Hall–Kier alpha value is -4.08. The van der Waals surface area contributed by atoms with Gasteiger partial charge in [0.05, 0.1) is 22.0 Å². The van der Waals surface area contributed by atoms with Gasteiger partial charge in [0.25, 0.3) is 11.2 Å². The standard InChI is InChI=1S/C24H24N4O6/c1-15(24(30)31)34-21-12-11-18(28(32)33)13-17(21)14-25-27-22(16-7-3-2-4-8-16)26-20-10-6-5-9-19(20)23(27)29/h5-6,9-16H,2-4,7-8H2,1H3,(H,30,31)/t15-/m0/s1. The number of fused-ring (bicyclic) bond motifs is 1. The fourth-order valence-electron chi connectivity index (χ4n) is 4.10. The summed E-state index contributed by atoms with van der Waals surface area (Å²) in [6, 6.07) is 10.8. The van der Waals surface area contributed by atoms with Crippen molar-refractivity contribution < 1.29 is 19.6 Å². The van der Waals surface area contributed by atoms with Crippen LogP contribution in [0.1, 0.15) is 56.3 Å². The second kappa shape index (κ2) is 9.82. The zero-order valence-electron chi connectivity index (χ0n) is 18.6. The first kappa shape index (κ1) is 23.1. The molecule has 10 nitrogen and oxygen atoms in total. The second-order valence-corrected chi connectivity index (χ2v) is 8.26. The highest BCUT2D eigenvalue weighted by atomic mass is 16.6. The van der Waals surface area contributed by atoms with Gasteiger partial charge in [0.15, 0.2) is 6.10 Å². The SMILES string of the molecule is C[C@H](Oc1ccc([N+](=O)[O-])cc1C=Nn1c(C2CCCCC2)nc2ccccc2c1=O)C(=O)O. The number of aromatic nitrogens is 2. The smallest absolute Gasteiger partial charge is 0.344 e. The predicted octanol–water partition coefficient (Wildman–Crippen LogP) is 4.09. The van der Waals surface area contributed by atoms with E-state index < -0.39 is 17.0 Å². The first-order valence-electron chi connectivity index (χ1n) is 11.1. The largest absolute Gasteiger partial charge is 0.479 e. The quantitative estimate of drug-likeness (QED) is 0.316. The van der Waals surface area contributed by atoms with Crippen molar-refractivity contribution >= 4 is 28.8 Å². The fraction of sp³-hybridized carbons (Fsp3) is 0.333. The van der Waals surface area contributed by atoms with Crippen LogP contribution < -0.4 is 10.3 Å². The molecule has 1 N–H and O–H groups in total. The van der Waals surface area contributed by atoms with Crippen LogP contribution in [0.3, 0.4) is 0 Å². The molecule has 1 saturated carbocycles. The number of carbonyl (C=O) groups is 1. The van der Waals surface area contributed by atoms with Gasteiger partial charge in [-0.05, 0) is 38.0 Å². The third kappa shape index (κ3) is 4.80. The summed E-state index contributed by atoms with van der Waals surface area (Å²) in [7, 11) is 0. The van der Waals surface area contributed by atoms with Crippen molar-refractivity contribution in [2.24, 2.45) is 5.10 Å². The molecule has 0 radical (unpaired) electrons. The molecular formula is C24H24N4O6. The molecule has 0 amide bonds. The van der Waals surface area contributed by atoms with Crippen LogP contribution >= 0.6 is 0 Å². The molecule has 0 saturated heterocycles. The van der Waals surface area contributed by atoms with Crippen molar-refractivity contribution in [3.05, 3.63) is 74.3 Å². The lowest BCUT2D eigenvalue weighted by molar-refractivity contribution is -0.384. The van der Waals surface area contributed by atoms with Crippen LogP contribution in [0, 0.1) is 10.1 Å². The van der Waals surface area contributed by atoms with E-state index in [9.17, 15) is 24.8 Å². The van der Waals surface area contributed by atoms with Gasteiger partial charge in [0.1, 0.15) is 11.6 Å². The first-order valence-corrected chi connectivity index (χ1v) is 11.1. The van der Waals surface area contributed by atoms with Crippen molar-refractivity contribution in [1.82, 2.24) is 9.66 Å². The molecule has 3 aromatic rings. The van der Waals surface area contributed by atoms with Crippen LogP contribution in [0.5, 0.6) is 5.75 Å². The Labute approximate surface area is 194 Å². The van der Waals surface area contributed by atoms with Gasteiger partial charge in [-0.3, -0.25) is 14.9 Å². The topological polar surface area (TPSA) is 137 Å². The molecule has 34 heavy (non-hydrogen) atoms. The highest BCUT2D eigenvalue weighted by molar-refractivity contribution is 5.85. The van der Waals surface area contributed by atoms with Crippen LogP contribution in [0.2, 0.25) is 0 Å². The highest BCUT2D eigenvalue weighted by Crippen LogP contribution is 2.32. The van der Waals surface area contributed by atoms with Crippen LogP contribution in [0.4, 0.5) is 5.69 Å². The number of para-hydroxylation sites is 1. The molecule has 4 rings (SSSR count). The van der Waals surface area contributed by atoms with E-state index in [2.05, 4.69) is 5.10 Å². The molecule has 0 bridgehead atoms. The summed E-state index contributed by atoms with van der Waals surface area (Å²) in [6.45, 7) is 1.35. The summed E-state index contributed by atoms with van der Waals surface area (Å²) in [6.07, 6.45) is 5.08. The van der Waals surface area contributed by atoms with E-state index in [0.29, 0.717) is 16.7 Å². The monoisotopic (exact) mass is 464 g/mol. The number of hydrogen-bond acceptors (Lipinski definition) is 7. The minimum absolute atomic E-state index is 0.0658. The van der Waals surface area contributed by atoms with Gasteiger partial charge >= 0.3 is 5.97 Å². The Morgan fingerprint density at radius 2 is 2.00 bits per heavy atom. The number of non-ortho nitro benzene ring substituents is 1. The van der Waals surface area contributed by atoms with Gasteiger partial charge in [0, 0.05) is 23.6 Å². The summed E-state index contributed by atoms with van der Waals surface area (Å²) < 4.78 is 6.71. The lowest BCUT2D eigenvalue weighted by Gasteiger charge is -2.22. The molecule has 1 aliphatic rings. The maximum Gasteiger partial charge on any atom is 0.344 e. The molecule has 2 aromatic carbocycles. The van der Waals surface area contributed by atoms with Gasteiger partial charge in [-0.1, -0.05) is 31.4 Å². The number of aliphatic carboxylic acids is 1. The Morgan fingerprint density at radius 1 is 1.26 bits per heavy atom. The number of nitro groups is 1. The molecule has 1 aromatic heterocycles. The summed E-state index contributed by atoms with van der Waals surface area (Å²) >= 11 is 0. The van der Waals surface area contributed by atoms with Crippen LogP contribution in [-0.4, -0.2) is 38.0 Å². The van der Waals surface area contributed by atoms with Crippen molar-refractivity contribution in [1.29, 1.82) is 0 Å². The van der Waals surface area contributed by atoms with E-state index in [1.165, 1.54) is 36.0 Å². The van der Waals surface area contributed by atoms with E-state index in [-0.39, 0.29) is 28.5 Å². The van der Waals surface area contributed by atoms with Crippen LogP contribution in [-0.2, 0) is 4.79 Å². The molecule has 1 aliphatic carbocycles. The van der Waals surface area contributed by atoms with Crippen molar-refractivity contribution in [3.8, 4) is 5.75 Å². The van der Waals surface area contributed by atoms with Gasteiger partial charge in [0.2, 0.25) is 0 Å². The van der Waals surface area contributed by atoms with Gasteiger partial charge in [-0.15, -0.1) is 0 Å². The molecule has 0 spiro atoms. The number of rotatable bonds is 7. The number of ether oxygens (including phenoxy) is 1.